The van der Waals surface area contributed by atoms with Gasteiger partial charge in [0.2, 0.25) is 11.8 Å². The molecule has 0 spiro atoms. The second kappa shape index (κ2) is 4.75. The van der Waals surface area contributed by atoms with Crippen molar-refractivity contribution in [1.29, 1.82) is 0 Å². The van der Waals surface area contributed by atoms with Gasteiger partial charge < -0.3 is 15.8 Å². The molecule has 2 rings (SSSR count). The van der Waals surface area contributed by atoms with Crippen LogP contribution in [0.4, 0.5) is 11.8 Å². The largest absolute Gasteiger partial charge is 0.481 e. The van der Waals surface area contributed by atoms with Crippen molar-refractivity contribution in [1.82, 2.24) is 15.0 Å². The molecule has 0 radical (unpaired) electrons. The first-order valence-electron chi connectivity index (χ1n) is 4.57. The lowest BCUT2D eigenvalue weighted by Gasteiger charge is -2.06. The molecular weight excluding hydrogens is 226 g/mol. The van der Waals surface area contributed by atoms with E-state index in [9.17, 15) is 0 Å². The number of ether oxygens (including phenoxy) is 1. The van der Waals surface area contributed by atoms with Crippen molar-refractivity contribution >= 4 is 23.1 Å². The fourth-order valence-electron chi connectivity index (χ4n) is 1.15. The van der Waals surface area contributed by atoms with Gasteiger partial charge in [0.05, 0.1) is 19.2 Å². The first kappa shape index (κ1) is 10.6. The molecule has 2 aromatic heterocycles. The normalized spacial score (nSPS) is 10.1. The Morgan fingerprint density at radius 1 is 1.50 bits per heavy atom. The van der Waals surface area contributed by atoms with E-state index in [-0.39, 0.29) is 5.95 Å². The van der Waals surface area contributed by atoms with Crippen LogP contribution in [0.2, 0.25) is 0 Å². The Hall–Kier alpha value is -1.89. The number of nitrogen functional groups attached to an aromatic ring is 1. The van der Waals surface area contributed by atoms with Gasteiger partial charge >= 0.3 is 0 Å². The van der Waals surface area contributed by atoms with Gasteiger partial charge in [-0.05, 0) is 0 Å². The lowest BCUT2D eigenvalue weighted by Crippen LogP contribution is -2.04. The molecule has 6 nitrogen and oxygen atoms in total. The average Bonchev–Trinajstić information content (AvgIpc) is 2.78. The highest BCUT2D eigenvalue weighted by atomic mass is 32.1. The van der Waals surface area contributed by atoms with E-state index < -0.39 is 0 Å². The molecule has 3 N–H and O–H groups in total. The first-order chi connectivity index (χ1) is 7.78. The van der Waals surface area contributed by atoms with Gasteiger partial charge in [-0.25, -0.2) is 0 Å². The van der Waals surface area contributed by atoms with E-state index in [2.05, 4.69) is 20.3 Å². The van der Waals surface area contributed by atoms with Gasteiger partial charge in [-0.3, -0.25) is 4.98 Å². The second-order valence-corrected chi connectivity index (χ2v) is 3.95. The molecule has 0 aliphatic carbocycles. The molecule has 2 heterocycles. The standard InChI is InChI=1S/C9H11N5OS/c1-15-8-2-7(13-9(10)14-8)12-4-6-3-11-5-16-6/h2-3,5H,4H2,1H3,(H3,10,12,13,14). The fraction of sp³-hybridized carbons (Fsp3) is 0.222. The monoisotopic (exact) mass is 237 g/mol. The molecule has 0 fully saturated rings. The highest BCUT2D eigenvalue weighted by Crippen LogP contribution is 2.15. The summed E-state index contributed by atoms with van der Waals surface area (Å²) in [6, 6.07) is 1.69. The van der Waals surface area contributed by atoms with E-state index in [0.717, 1.165) is 4.88 Å². The number of rotatable bonds is 4. The van der Waals surface area contributed by atoms with Crippen molar-refractivity contribution in [3.63, 3.8) is 0 Å². The molecule has 0 amide bonds. The lowest BCUT2D eigenvalue weighted by atomic mass is 10.5. The van der Waals surface area contributed by atoms with Crippen molar-refractivity contribution in [3.8, 4) is 5.88 Å². The molecular formula is C9H11N5OS. The topological polar surface area (TPSA) is 86.0 Å². The van der Waals surface area contributed by atoms with Crippen molar-refractivity contribution in [2.24, 2.45) is 0 Å². The third-order valence-corrected chi connectivity index (χ3v) is 2.64. The third kappa shape index (κ3) is 2.57. The predicted molar refractivity (Wildman–Crippen MR) is 62.4 cm³/mol. The van der Waals surface area contributed by atoms with Gasteiger partial charge in [-0.2, -0.15) is 9.97 Å². The number of aromatic nitrogens is 3. The molecule has 0 bridgehead atoms. The fourth-order valence-corrected chi connectivity index (χ4v) is 1.68. The van der Waals surface area contributed by atoms with Gasteiger partial charge in [0.15, 0.2) is 0 Å². The number of methoxy groups -OCH3 is 1. The van der Waals surface area contributed by atoms with Crippen molar-refractivity contribution < 1.29 is 4.74 Å². The Balaban J connectivity index is 2.06. The van der Waals surface area contributed by atoms with Crippen LogP contribution in [0.15, 0.2) is 17.8 Å². The van der Waals surface area contributed by atoms with E-state index in [1.165, 1.54) is 7.11 Å². The minimum absolute atomic E-state index is 0.186. The zero-order valence-electron chi connectivity index (χ0n) is 8.67. The average molecular weight is 237 g/mol. The Bertz CT molecular complexity index is 459. The van der Waals surface area contributed by atoms with Gasteiger partial charge in [-0.1, -0.05) is 0 Å². The number of anilines is 2. The van der Waals surface area contributed by atoms with Crippen molar-refractivity contribution in [2.45, 2.75) is 6.54 Å². The highest BCUT2D eigenvalue weighted by molar-refractivity contribution is 7.09. The number of nitrogens with zero attached hydrogens (tertiary/aromatic N) is 3. The molecule has 7 heteroatoms. The number of nitrogens with two attached hydrogens (primary N) is 1. The minimum Gasteiger partial charge on any atom is -0.481 e. The highest BCUT2D eigenvalue weighted by Gasteiger charge is 2.02. The summed E-state index contributed by atoms with van der Waals surface area (Å²) < 4.78 is 4.99. The van der Waals surface area contributed by atoms with Crippen LogP contribution in [0.25, 0.3) is 0 Å². The zero-order chi connectivity index (χ0) is 11.4. The van der Waals surface area contributed by atoms with Crippen molar-refractivity contribution in [3.05, 3.63) is 22.7 Å². The van der Waals surface area contributed by atoms with E-state index in [4.69, 9.17) is 10.5 Å². The van der Waals surface area contributed by atoms with Gasteiger partial charge in [0.1, 0.15) is 5.82 Å². The van der Waals surface area contributed by atoms with E-state index in [1.807, 2.05) is 0 Å². The van der Waals surface area contributed by atoms with Crippen LogP contribution < -0.4 is 15.8 Å². The Morgan fingerprint density at radius 2 is 2.38 bits per heavy atom. The van der Waals surface area contributed by atoms with Crippen LogP contribution in [-0.2, 0) is 6.54 Å². The maximum absolute atomic E-state index is 5.53. The summed E-state index contributed by atoms with van der Waals surface area (Å²) >= 11 is 1.58. The molecule has 0 atom stereocenters. The van der Waals surface area contributed by atoms with Gasteiger partial charge in [0, 0.05) is 17.1 Å². The van der Waals surface area contributed by atoms with Crippen LogP contribution in [-0.4, -0.2) is 22.1 Å². The lowest BCUT2D eigenvalue weighted by molar-refractivity contribution is 0.398. The summed E-state index contributed by atoms with van der Waals surface area (Å²) in [6.45, 7) is 0.657. The summed E-state index contributed by atoms with van der Waals surface area (Å²) in [7, 11) is 1.54. The van der Waals surface area contributed by atoms with Crippen molar-refractivity contribution in [2.75, 3.05) is 18.2 Å². The minimum atomic E-state index is 0.186. The third-order valence-electron chi connectivity index (χ3n) is 1.86. The molecule has 0 saturated heterocycles. The smallest absolute Gasteiger partial charge is 0.225 e. The molecule has 0 saturated carbocycles. The Kier molecular flexibility index (Phi) is 3.16. The summed E-state index contributed by atoms with van der Waals surface area (Å²) in [5.74, 6) is 1.27. The Labute approximate surface area is 96.5 Å². The number of hydrogen-bond donors (Lipinski definition) is 2. The quantitative estimate of drug-likeness (QED) is 0.829. The second-order valence-electron chi connectivity index (χ2n) is 2.98. The van der Waals surface area contributed by atoms with Crippen LogP contribution in [0, 0.1) is 0 Å². The van der Waals surface area contributed by atoms with Crippen LogP contribution >= 0.6 is 11.3 Å². The maximum Gasteiger partial charge on any atom is 0.225 e. The Morgan fingerprint density at radius 3 is 3.06 bits per heavy atom. The van der Waals surface area contributed by atoms with E-state index in [1.54, 1.807) is 29.1 Å². The predicted octanol–water partition coefficient (Wildman–Crippen LogP) is 1.14. The molecule has 2 aromatic rings. The summed E-state index contributed by atoms with van der Waals surface area (Å²) in [6.07, 6.45) is 1.81. The van der Waals surface area contributed by atoms with E-state index >= 15 is 0 Å². The molecule has 16 heavy (non-hydrogen) atoms. The number of thiazole rings is 1. The number of hydrogen-bond acceptors (Lipinski definition) is 7. The SMILES string of the molecule is COc1cc(NCc2cncs2)nc(N)n1. The summed E-state index contributed by atoms with van der Waals surface area (Å²) in [5, 5.41) is 3.12. The first-order valence-corrected chi connectivity index (χ1v) is 5.45. The van der Waals surface area contributed by atoms with Crippen LogP contribution in [0.5, 0.6) is 5.88 Å². The molecule has 84 valence electrons. The molecule has 0 unspecified atom stereocenters. The summed E-state index contributed by atoms with van der Waals surface area (Å²) in [5.41, 5.74) is 7.32. The van der Waals surface area contributed by atoms with Gasteiger partial charge in [-0.15, -0.1) is 11.3 Å². The molecule has 0 aromatic carbocycles. The van der Waals surface area contributed by atoms with Crippen LogP contribution in [0.1, 0.15) is 4.88 Å². The molecule has 0 aliphatic rings. The zero-order valence-corrected chi connectivity index (χ0v) is 9.49. The van der Waals surface area contributed by atoms with Crippen LogP contribution in [0.3, 0.4) is 0 Å². The maximum atomic E-state index is 5.53. The summed E-state index contributed by atoms with van der Waals surface area (Å²) in [4.78, 5) is 13.0. The van der Waals surface area contributed by atoms with Gasteiger partial charge in [0.25, 0.3) is 0 Å². The van der Waals surface area contributed by atoms with E-state index in [0.29, 0.717) is 18.2 Å². The number of nitrogens with one attached hydrogen (secondary N) is 1. The molecule has 0 aliphatic heterocycles.